The maximum absolute atomic E-state index is 11.2. The van der Waals surface area contributed by atoms with Gasteiger partial charge in [0.2, 0.25) is 11.8 Å². The molecule has 0 saturated carbocycles. The molecule has 0 saturated heterocycles. The predicted octanol–water partition coefficient (Wildman–Crippen LogP) is 2.89. The van der Waals surface area contributed by atoms with Crippen LogP contribution in [0, 0.1) is 17.0 Å². The van der Waals surface area contributed by atoms with Crippen molar-refractivity contribution >= 4 is 17.5 Å². The second-order valence-electron chi connectivity index (χ2n) is 4.50. The van der Waals surface area contributed by atoms with Crippen molar-refractivity contribution in [2.75, 3.05) is 17.2 Å². The molecule has 2 heterocycles. The number of nitrogens with one attached hydrogen (secondary N) is 2. The number of hydrogen-bond donors (Lipinski definition) is 2. The maximum Gasteiger partial charge on any atom is 0.332 e. The highest BCUT2D eigenvalue weighted by atomic mass is 16.6. The molecule has 0 aliphatic carbocycles. The summed E-state index contributed by atoms with van der Waals surface area (Å²) in [6, 6.07) is 3.31. The van der Waals surface area contributed by atoms with E-state index in [9.17, 15) is 10.1 Å². The summed E-state index contributed by atoms with van der Waals surface area (Å²) < 4.78 is 5.28. The summed E-state index contributed by atoms with van der Waals surface area (Å²) in [6.07, 6.45) is 1.55. The van der Waals surface area contributed by atoms with Gasteiger partial charge in [-0.15, -0.1) is 0 Å². The molecule has 8 nitrogen and oxygen atoms in total. The molecule has 2 aromatic rings. The molecule has 0 aromatic carbocycles. The highest BCUT2D eigenvalue weighted by Gasteiger charge is 2.24. The Morgan fingerprint density at radius 3 is 2.81 bits per heavy atom. The van der Waals surface area contributed by atoms with Gasteiger partial charge in [-0.25, -0.2) is 4.98 Å². The van der Waals surface area contributed by atoms with Crippen LogP contribution in [0.1, 0.15) is 31.3 Å². The zero-order chi connectivity index (χ0) is 15.4. The van der Waals surface area contributed by atoms with Gasteiger partial charge in [0, 0.05) is 6.54 Å². The Labute approximate surface area is 121 Å². The second-order valence-corrected chi connectivity index (χ2v) is 4.50. The lowest BCUT2D eigenvalue weighted by Gasteiger charge is -2.14. The average molecular weight is 291 g/mol. The number of aromatic nitrogens is 2. The van der Waals surface area contributed by atoms with Crippen molar-refractivity contribution in [1.29, 1.82) is 0 Å². The summed E-state index contributed by atoms with van der Waals surface area (Å²) >= 11 is 0. The number of nitro groups is 1. The molecule has 112 valence electrons. The van der Waals surface area contributed by atoms with Crippen LogP contribution in [-0.2, 0) is 0 Å². The lowest BCUT2D eigenvalue weighted by molar-refractivity contribution is -0.385. The van der Waals surface area contributed by atoms with Crippen molar-refractivity contribution in [3.8, 4) is 0 Å². The summed E-state index contributed by atoms with van der Waals surface area (Å²) in [4.78, 5) is 19.0. The van der Waals surface area contributed by atoms with Gasteiger partial charge >= 0.3 is 5.69 Å². The number of aryl methyl sites for hydroxylation is 1. The van der Waals surface area contributed by atoms with E-state index in [4.69, 9.17) is 4.42 Å². The van der Waals surface area contributed by atoms with E-state index in [1.807, 2.05) is 13.8 Å². The van der Waals surface area contributed by atoms with Gasteiger partial charge in [0.25, 0.3) is 0 Å². The van der Waals surface area contributed by atoms with E-state index in [0.717, 1.165) is 0 Å². The summed E-state index contributed by atoms with van der Waals surface area (Å²) in [5.41, 5.74) is 0.176. The van der Waals surface area contributed by atoms with Gasteiger partial charge in [-0.3, -0.25) is 10.1 Å². The Balaban J connectivity index is 2.37. The Kier molecular flexibility index (Phi) is 4.36. The second kappa shape index (κ2) is 6.21. The molecule has 2 N–H and O–H groups in total. The van der Waals surface area contributed by atoms with Gasteiger partial charge in [-0.1, -0.05) is 0 Å². The van der Waals surface area contributed by atoms with Gasteiger partial charge in [0.05, 0.1) is 17.2 Å². The third kappa shape index (κ3) is 3.28. The quantitative estimate of drug-likeness (QED) is 0.622. The fourth-order valence-electron chi connectivity index (χ4n) is 1.94. The highest BCUT2D eigenvalue weighted by molar-refractivity contribution is 5.61. The van der Waals surface area contributed by atoms with Crippen LogP contribution in [0.15, 0.2) is 22.8 Å². The molecule has 0 aliphatic heterocycles. The number of furan rings is 1. The van der Waals surface area contributed by atoms with Crippen LogP contribution in [0.4, 0.5) is 17.5 Å². The smallest absolute Gasteiger partial charge is 0.332 e. The SMILES string of the molecule is CCNc1nc(C)c([N+](=O)[O-])c(NC(C)c2ccco2)n1. The van der Waals surface area contributed by atoms with Crippen LogP contribution < -0.4 is 10.6 Å². The van der Waals surface area contributed by atoms with Gasteiger partial charge in [-0.05, 0) is 32.9 Å². The van der Waals surface area contributed by atoms with E-state index in [2.05, 4.69) is 20.6 Å². The largest absolute Gasteiger partial charge is 0.467 e. The number of anilines is 2. The van der Waals surface area contributed by atoms with Gasteiger partial charge in [0.15, 0.2) is 0 Å². The number of hydrogen-bond acceptors (Lipinski definition) is 7. The van der Waals surface area contributed by atoms with Crippen molar-refractivity contribution in [1.82, 2.24) is 9.97 Å². The average Bonchev–Trinajstić information content (AvgIpc) is 2.91. The molecule has 0 spiro atoms. The van der Waals surface area contributed by atoms with E-state index in [1.165, 1.54) is 0 Å². The first-order valence-corrected chi connectivity index (χ1v) is 6.59. The molecule has 0 fully saturated rings. The molecular weight excluding hydrogens is 274 g/mol. The summed E-state index contributed by atoms with van der Waals surface area (Å²) in [5, 5.41) is 17.2. The normalized spacial score (nSPS) is 12.0. The van der Waals surface area contributed by atoms with Crippen LogP contribution in [0.25, 0.3) is 0 Å². The van der Waals surface area contributed by atoms with Crippen molar-refractivity contribution in [3.63, 3.8) is 0 Å². The van der Waals surface area contributed by atoms with E-state index in [-0.39, 0.29) is 17.5 Å². The van der Waals surface area contributed by atoms with Gasteiger partial charge in [0.1, 0.15) is 11.5 Å². The van der Waals surface area contributed by atoms with Gasteiger partial charge in [-0.2, -0.15) is 4.98 Å². The number of nitrogens with zero attached hydrogens (tertiary/aromatic N) is 3. The Morgan fingerprint density at radius 2 is 2.24 bits per heavy atom. The first-order valence-electron chi connectivity index (χ1n) is 6.59. The first-order chi connectivity index (χ1) is 10.0. The molecular formula is C13H17N5O3. The fraction of sp³-hybridized carbons (Fsp3) is 0.385. The Morgan fingerprint density at radius 1 is 1.48 bits per heavy atom. The summed E-state index contributed by atoms with van der Waals surface area (Å²) in [5.74, 6) is 1.20. The van der Waals surface area contributed by atoms with Crippen molar-refractivity contribution in [3.05, 3.63) is 40.0 Å². The Hall–Kier alpha value is -2.64. The van der Waals surface area contributed by atoms with E-state index >= 15 is 0 Å². The Bertz CT molecular complexity index is 627. The molecule has 21 heavy (non-hydrogen) atoms. The van der Waals surface area contributed by atoms with Crippen LogP contribution in [0.2, 0.25) is 0 Å². The molecule has 2 aromatic heterocycles. The van der Waals surface area contributed by atoms with Crippen LogP contribution in [0.5, 0.6) is 0 Å². The molecule has 1 unspecified atom stereocenters. The fourth-order valence-corrected chi connectivity index (χ4v) is 1.94. The minimum absolute atomic E-state index is 0.130. The zero-order valence-electron chi connectivity index (χ0n) is 12.1. The van der Waals surface area contributed by atoms with E-state index in [0.29, 0.717) is 23.9 Å². The lowest BCUT2D eigenvalue weighted by atomic mass is 10.2. The lowest BCUT2D eigenvalue weighted by Crippen LogP contribution is -2.13. The molecule has 0 amide bonds. The van der Waals surface area contributed by atoms with E-state index < -0.39 is 4.92 Å². The molecule has 8 heteroatoms. The summed E-state index contributed by atoms with van der Waals surface area (Å²) in [6.45, 7) is 5.96. The van der Waals surface area contributed by atoms with Crippen LogP contribution >= 0.6 is 0 Å². The molecule has 2 rings (SSSR count). The van der Waals surface area contributed by atoms with Crippen molar-refractivity contribution in [2.45, 2.75) is 26.8 Å². The molecule has 0 aliphatic rings. The first kappa shape index (κ1) is 14.8. The number of rotatable bonds is 6. The third-order valence-corrected chi connectivity index (χ3v) is 2.90. The maximum atomic E-state index is 11.2. The third-order valence-electron chi connectivity index (χ3n) is 2.90. The van der Waals surface area contributed by atoms with Crippen molar-refractivity contribution in [2.24, 2.45) is 0 Å². The summed E-state index contributed by atoms with van der Waals surface area (Å²) in [7, 11) is 0. The van der Waals surface area contributed by atoms with Crippen LogP contribution in [-0.4, -0.2) is 21.4 Å². The molecule has 1 atom stereocenters. The standard InChI is InChI=1S/C13H17N5O3/c1-4-14-13-16-9(3)11(18(19)20)12(17-13)15-8(2)10-6-5-7-21-10/h5-8H,4H2,1-3H3,(H2,14,15,16,17). The van der Waals surface area contributed by atoms with Gasteiger partial charge < -0.3 is 15.1 Å². The molecule has 0 bridgehead atoms. The van der Waals surface area contributed by atoms with Crippen molar-refractivity contribution < 1.29 is 9.34 Å². The highest BCUT2D eigenvalue weighted by Crippen LogP contribution is 2.29. The minimum Gasteiger partial charge on any atom is -0.467 e. The van der Waals surface area contributed by atoms with Crippen LogP contribution in [0.3, 0.4) is 0 Å². The van der Waals surface area contributed by atoms with E-state index in [1.54, 1.807) is 25.3 Å². The topological polar surface area (TPSA) is 106 Å². The molecule has 0 radical (unpaired) electrons. The monoisotopic (exact) mass is 291 g/mol. The predicted molar refractivity (Wildman–Crippen MR) is 78.3 cm³/mol. The zero-order valence-corrected chi connectivity index (χ0v) is 12.1. The minimum atomic E-state index is -0.484.